The molecule has 1 aromatic carbocycles. The molecule has 0 unspecified atom stereocenters. The van der Waals surface area contributed by atoms with Crippen LogP contribution in [0.1, 0.15) is 19.4 Å². The number of carbonyl (C=O) groups is 1. The molecule has 0 atom stereocenters. The molecule has 4 nitrogen and oxygen atoms in total. The van der Waals surface area contributed by atoms with Gasteiger partial charge in [-0.25, -0.2) is 0 Å². The lowest BCUT2D eigenvalue weighted by Crippen LogP contribution is -2.47. The first kappa shape index (κ1) is 17.2. The normalized spacial score (nSPS) is 11.8. The van der Waals surface area contributed by atoms with Gasteiger partial charge in [0, 0.05) is 5.54 Å². The highest BCUT2D eigenvalue weighted by atomic mass is 35.5. The molecule has 0 saturated heterocycles. The van der Waals surface area contributed by atoms with Gasteiger partial charge in [-0.15, -0.1) is 0 Å². The van der Waals surface area contributed by atoms with Crippen molar-refractivity contribution in [1.29, 1.82) is 0 Å². The van der Waals surface area contributed by atoms with Gasteiger partial charge >= 0.3 is 0 Å². The van der Waals surface area contributed by atoms with Crippen LogP contribution in [0.15, 0.2) is 12.1 Å². The summed E-state index contributed by atoms with van der Waals surface area (Å²) in [4.78, 5) is 13.8. The summed E-state index contributed by atoms with van der Waals surface area (Å²) in [6.45, 7) is 5.64. The lowest BCUT2D eigenvalue weighted by atomic mass is 10.1. The molecule has 0 aliphatic carbocycles. The minimum atomic E-state index is -0.475. The van der Waals surface area contributed by atoms with Crippen LogP contribution in [0, 0.1) is 6.92 Å². The summed E-state index contributed by atoms with van der Waals surface area (Å²) in [6, 6.07) is 3.49. The molecular weight excluding hydrogens is 299 g/mol. The van der Waals surface area contributed by atoms with E-state index in [1.165, 1.54) is 0 Å². The fourth-order valence-corrected chi connectivity index (χ4v) is 1.97. The number of anilines is 1. The second-order valence-electron chi connectivity index (χ2n) is 5.43. The SMILES string of the molecule is Cc1ccc(Cl)c(NC(=O)CN(C)C(C)(C)CO)c1Cl. The van der Waals surface area contributed by atoms with E-state index >= 15 is 0 Å². The van der Waals surface area contributed by atoms with Gasteiger partial charge in [-0.05, 0) is 39.4 Å². The zero-order chi connectivity index (χ0) is 15.5. The third-order valence-corrected chi connectivity index (χ3v) is 4.15. The molecule has 6 heteroatoms. The lowest BCUT2D eigenvalue weighted by molar-refractivity contribution is -0.118. The number of benzene rings is 1. The number of aliphatic hydroxyl groups is 1. The number of hydrogen-bond donors (Lipinski definition) is 2. The van der Waals surface area contributed by atoms with Crippen LogP contribution >= 0.6 is 23.2 Å². The third-order valence-electron chi connectivity index (χ3n) is 3.35. The summed E-state index contributed by atoms with van der Waals surface area (Å²) < 4.78 is 0. The van der Waals surface area contributed by atoms with Gasteiger partial charge in [0.25, 0.3) is 0 Å². The summed E-state index contributed by atoms with van der Waals surface area (Å²) in [5.41, 5.74) is 0.793. The van der Waals surface area contributed by atoms with Crippen molar-refractivity contribution >= 4 is 34.8 Å². The van der Waals surface area contributed by atoms with E-state index in [2.05, 4.69) is 5.32 Å². The van der Waals surface area contributed by atoms with Crippen LogP contribution in [0.3, 0.4) is 0 Å². The van der Waals surface area contributed by atoms with E-state index in [4.69, 9.17) is 23.2 Å². The Kier molecular flexibility index (Phi) is 5.83. The fourth-order valence-electron chi connectivity index (χ4n) is 1.50. The molecule has 1 aromatic rings. The molecule has 0 aliphatic rings. The van der Waals surface area contributed by atoms with Crippen LogP contribution in [0.2, 0.25) is 10.0 Å². The number of carbonyl (C=O) groups excluding carboxylic acids is 1. The van der Waals surface area contributed by atoms with E-state index in [0.29, 0.717) is 15.7 Å². The summed E-state index contributed by atoms with van der Waals surface area (Å²) in [7, 11) is 1.77. The number of amides is 1. The lowest BCUT2D eigenvalue weighted by Gasteiger charge is -2.33. The molecule has 0 aliphatic heterocycles. The zero-order valence-corrected chi connectivity index (χ0v) is 13.6. The van der Waals surface area contributed by atoms with Crippen molar-refractivity contribution in [2.24, 2.45) is 0 Å². The molecule has 2 N–H and O–H groups in total. The smallest absolute Gasteiger partial charge is 0.238 e. The van der Waals surface area contributed by atoms with Crippen molar-refractivity contribution in [2.75, 3.05) is 25.5 Å². The maximum Gasteiger partial charge on any atom is 0.238 e. The average Bonchev–Trinajstić information content (AvgIpc) is 2.39. The van der Waals surface area contributed by atoms with E-state index in [-0.39, 0.29) is 19.1 Å². The molecule has 20 heavy (non-hydrogen) atoms. The molecule has 0 heterocycles. The Morgan fingerprint density at radius 3 is 2.55 bits per heavy atom. The molecule has 1 amide bonds. The fraction of sp³-hybridized carbons (Fsp3) is 0.500. The third kappa shape index (κ3) is 4.09. The Balaban J connectivity index is 2.80. The van der Waals surface area contributed by atoms with Crippen LogP contribution in [0.4, 0.5) is 5.69 Å². The highest BCUT2D eigenvalue weighted by molar-refractivity contribution is 6.40. The highest BCUT2D eigenvalue weighted by Crippen LogP contribution is 2.32. The van der Waals surface area contributed by atoms with E-state index < -0.39 is 5.54 Å². The van der Waals surface area contributed by atoms with Crippen LogP contribution < -0.4 is 5.32 Å². The summed E-state index contributed by atoms with van der Waals surface area (Å²) >= 11 is 12.2. The predicted octanol–water partition coefficient (Wildman–Crippen LogP) is 2.94. The molecule has 0 saturated carbocycles. The van der Waals surface area contributed by atoms with E-state index in [0.717, 1.165) is 5.56 Å². The summed E-state index contributed by atoms with van der Waals surface area (Å²) in [6.07, 6.45) is 0. The van der Waals surface area contributed by atoms with Gasteiger partial charge in [-0.3, -0.25) is 9.69 Å². The van der Waals surface area contributed by atoms with Gasteiger partial charge in [0.05, 0.1) is 28.9 Å². The van der Waals surface area contributed by atoms with E-state index in [1.54, 1.807) is 24.1 Å². The maximum atomic E-state index is 12.0. The van der Waals surface area contributed by atoms with E-state index in [9.17, 15) is 9.90 Å². The molecule has 0 spiro atoms. The maximum absolute atomic E-state index is 12.0. The Hall–Kier alpha value is -0.810. The van der Waals surface area contributed by atoms with Gasteiger partial charge in [-0.2, -0.15) is 0 Å². The Morgan fingerprint density at radius 2 is 2.00 bits per heavy atom. The number of hydrogen-bond acceptors (Lipinski definition) is 3. The topological polar surface area (TPSA) is 52.6 Å². The highest BCUT2D eigenvalue weighted by Gasteiger charge is 2.24. The Labute approximate surface area is 129 Å². The van der Waals surface area contributed by atoms with Crippen molar-refractivity contribution in [3.05, 3.63) is 27.7 Å². The monoisotopic (exact) mass is 318 g/mol. The number of nitrogens with zero attached hydrogens (tertiary/aromatic N) is 1. The quantitative estimate of drug-likeness (QED) is 0.877. The molecule has 0 radical (unpaired) electrons. The van der Waals surface area contributed by atoms with Crippen molar-refractivity contribution in [2.45, 2.75) is 26.3 Å². The van der Waals surface area contributed by atoms with Gasteiger partial charge in [0.15, 0.2) is 0 Å². The van der Waals surface area contributed by atoms with Gasteiger partial charge < -0.3 is 10.4 Å². The minimum absolute atomic E-state index is 0.0390. The van der Waals surface area contributed by atoms with E-state index in [1.807, 2.05) is 20.8 Å². The van der Waals surface area contributed by atoms with Crippen molar-refractivity contribution < 1.29 is 9.90 Å². The van der Waals surface area contributed by atoms with Crippen LogP contribution in [0.25, 0.3) is 0 Å². The molecule has 0 bridgehead atoms. The molecular formula is C14H20Cl2N2O2. The van der Waals surface area contributed by atoms with Crippen LogP contribution in [0.5, 0.6) is 0 Å². The first-order valence-corrected chi connectivity index (χ1v) is 7.01. The number of aliphatic hydroxyl groups excluding tert-OH is 1. The molecule has 112 valence electrons. The number of nitrogens with one attached hydrogen (secondary N) is 1. The Bertz CT molecular complexity index is 504. The molecule has 0 fully saturated rings. The van der Waals surface area contributed by atoms with Crippen molar-refractivity contribution in [1.82, 2.24) is 4.90 Å². The van der Waals surface area contributed by atoms with Gasteiger partial charge in [0.2, 0.25) is 5.91 Å². The summed E-state index contributed by atoms with van der Waals surface area (Å²) in [5.74, 6) is -0.233. The number of rotatable bonds is 5. The standard InChI is InChI=1S/C14H20Cl2N2O2/c1-9-5-6-10(15)13(12(9)16)17-11(20)7-18(4)14(2,3)8-19/h5-6,19H,7-8H2,1-4H3,(H,17,20). The van der Waals surface area contributed by atoms with Crippen LogP contribution in [-0.2, 0) is 4.79 Å². The first-order chi connectivity index (χ1) is 9.19. The van der Waals surface area contributed by atoms with Crippen molar-refractivity contribution in [3.63, 3.8) is 0 Å². The van der Waals surface area contributed by atoms with Gasteiger partial charge in [-0.1, -0.05) is 29.3 Å². The number of aryl methyl sites for hydroxylation is 1. The minimum Gasteiger partial charge on any atom is -0.394 e. The largest absolute Gasteiger partial charge is 0.394 e. The molecule has 0 aromatic heterocycles. The second-order valence-corrected chi connectivity index (χ2v) is 6.21. The second kappa shape index (κ2) is 6.76. The summed E-state index contributed by atoms with van der Waals surface area (Å²) in [5, 5.41) is 12.8. The average molecular weight is 319 g/mol. The van der Waals surface area contributed by atoms with Crippen molar-refractivity contribution in [3.8, 4) is 0 Å². The first-order valence-electron chi connectivity index (χ1n) is 6.25. The van der Waals surface area contributed by atoms with Crippen LogP contribution in [-0.4, -0.2) is 41.7 Å². The zero-order valence-electron chi connectivity index (χ0n) is 12.1. The van der Waals surface area contributed by atoms with Gasteiger partial charge in [0.1, 0.15) is 0 Å². The molecule has 1 rings (SSSR count). The predicted molar refractivity (Wildman–Crippen MR) is 83.6 cm³/mol. The number of likely N-dealkylation sites (N-methyl/N-ethyl adjacent to an activating group) is 1. The Morgan fingerprint density at radius 1 is 1.40 bits per heavy atom. The number of halogens is 2.